The van der Waals surface area contributed by atoms with Gasteiger partial charge in [0.25, 0.3) is 5.56 Å². The minimum Gasteiger partial charge on any atom is -0.493 e. The molecule has 0 saturated heterocycles. The Morgan fingerprint density at radius 1 is 1.03 bits per heavy atom. The minimum absolute atomic E-state index is 0.0631. The number of anilines is 1. The lowest BCUT2D eigenvalue weighted by Crippen LogP contribution is -2.31. The largest absolute Gasteiger partial charge is 0.493 e. The number of ether oxygens (including phenoxy) is 2. The summed E-state index contributed by atoms with van der Waals surface area (Å²) in [5.41, 5.74) is 2.62. The fourth-order valence-corrected chi connectivity index (χ4v) is 5.34. The van der Waals surface area contributed by atoms with Gasteiger partial charge >= 0.3 is 0 Å². The van der Waals surface area contributed by atoms with Gasteiger partial charge in [0, 0.05) is 34.4 Å². The fourth-order valence-electron chi connectivity index (χ4n) is 4.51. The Hall–Kier alpha value is -3.26. The number of methoxy groups -OCH3 is 2. The summed E-state index contributed by atoms with van der Waals surface area (Å²) in [4.78, 5) is 27.2. The van der Waals surface area contributed by atoms with Crippen LogP contribution in [0.1, 0.15) is 40.7 Å². The average molecular weight is 423 g/mol. The highest BCUT2D eigenvalue weighted by atomic mass is 32.1. The molecule has 0 bridgehead atoms. The lowest BCUT2D eigenvalue weighted by molar-refractivity contribution is -0.116. The first-order valence-electron chi connectivity index (χ1n) is 9.69. The Balaban J connectivity index is 1.66. The number of Topliss-reactive ketones (excluding diaryl/α,β-unsaturated/α-hetero) is 1. The highest BCUT2D eigenvalue weighted by Crippen LogP contribution is 2.47. The summed E-state index contributed by atoms with van der Waals surface area (Å²) < 4.78 is 10.8. The number of aromatic amines is 2. The maximum atomic E-state index is 13.4. The highest BCUT2D eigenvalue weighted by Gasteiger charge is 2.40. The van der Waals surface area contributed by atoms with Crippen molar-refractivity contribution >= 4 is 22.9 Å². The van der Waals surface area contributed by atoms with Gasteiger partial charge in [0.1, 0.15) is 5.82 Å². The van der Waals surface area contributed by atoms with E-state index in [4.69, 9.17) is 9.47 Å². The number of fused-ring (bicyclic) bond motifs is 1. The van der Waals surface area contributed by atoms with Crippen LogP contribution in [0, 0.1) is 0 Å². The van der Waals surface area contributed by atoms with E-state index in [9.17, 15) is 9.59 Å². The van der Waals surface area contributed by atoms with Gasteiger partial charge in [0.15, 0.2) is 17.3 Å². The van der Waals surface area contributed by atoms with E-state index in [1.807, 2.05) is 23.6 Å². The summed E-state index contributed by atoms with van der Waals surface area (Å²) in [5.74, 6) is 1.50. The number of ketones is 1. The topological polar surface area (TPSA) is 96.2 Å². The molecule has 2 atom stereocenters. The van der Waals surface area contributed by atoms with Gasteiger partial charge in [-0.25, -0.2) is 0 Å². The molecule has 7 nitrogen and oxygen atoms in total. The van der Waals surface area contributed by atoms with Crippen LogP contribution < -0.4 is 20.3 Å². The third kappa shape index (κ3) is 2.87. The van der Waals surface area contributed by atoms with Crippen molar-refractivity contribution in [3.63, 3.8) is 0 Å². The zero-order valence-corrected chi connectivity index (χ0v) is 17.4. The lowest BCUT2D eigenvalue weighted by Gasteiger charge is -2.34. The van der Waals surface area contributed by atoms with Gasteiger partial charge < -0.3 is 14.8 Å². The monoisotopic (exact) mass is 423 g/mol. The van der Waals surface area contributed by atoms with Crippen LogP contribution in [0.2, 0.25) is 0 Å². The van der Waals surface area contributed by atoms with E-state index in [0.29, 0.717) is 34.9 Å². The zero-order chi connectivity index (χ0) is 20.8. The van der Waals surface area contributed by atoms with Crippen LogP contribution in [0.15, 0.2) is 51.8 Å². The second-order valence-electron chi connectivity index (χ2n) is 7.48. The van der Waals surface area contributed by atoms with Gasteiger partial charge in [0.05, 0.1) is 19.8 Å². The molecule has 30 heavy (non-hydrogen) atoms. The molecule has 154 valence electrons. The van der Waals surface area contributed by atoms with E-state index < -0.39 is 5.92 Å². The summed E-state index contributed by atoms with van der Waals surface area (Å²) in [6.45, 7) is 0. The van der Waals surface area contributed by atoms with Crippen molar-refractivity contribution in [3.05, 3.63) is 73.3 Å². The zero-order valence-electron chi connectivity index (χ0n) is 16.6. The third-order valence-corrected chi connectivity index (χ3v) is 6.90. The first-order chi connectivity index (χ1) is 14.6. The number of carbonyl (C=O) groups excluding carboxylic acids is 1. The van der Waals surface area contributed by atoms with Crippen LogP contribution in [-0.4, -0.2) is 30.2 Å². The van der Waals surface area contributed by atoms with Crippen molar-refractivity contribution in [3.8, 4) is 11.5 Å². The van der Waals surface area contributed by atoms with Crippen molar-refractivity contribution in [2.75, 3.05) is 19.5 Å². The molecule has 5 rings (SSSR count). The maximum Gasteiger partial charge on any atom is 0.270 e. The molecule has 0 spiro atoms. The summed E-state index contributed by atoms with van der Waals surface area (Å²) in [6.07, 6.45) is 1.15. The molecule has 3 heterocycles. The van der Waals surface area contributed by atoms with Crippen LogP contribution in [0.4, 0.5) is 5.82 Å². The second-order valence-corrected chi connectivity index (χ2v) is 8.46. The Morgan fingerprint density at radius 2 is 1.87 bits per heavy atom. The van der Waals surface area contributed by atoms with Gasteiger partial charge in [-0.15, -0.1) is 11.3 Å². The molecule has 3 N–H and O–H groups in total. The number of nitrogens with one attached hydrogen (secondary N) is 3. The summed E-state index contributed by atoms with van der Waals surface area (Å²) >= 11 is 1.67. The number of carbonyl (C=O) groups is 1. The molecule has 3 aromatic rings. The molecule has 2 aromatic heterocycles. The average Bonchev–Trinajstić information content (AvgIpc) is 3.42. The molecule has 8 heteroatoms. The smallest absolute Gasteiger partial charge is 0.270 e. The number of benzene rings is 1. The number of aromatic nitrogens is 2. The third-order valence-electron chi connectivity index (χ3n) is 5.86. The van der Waals surface area contributed by atoms with Gasteiger partial charge in [-0.2, -0.15) is 0 Å². The Kier molecular flexibility index (Phi) is 4.51. The summed E-state index contributed by atoms with van der Waals surface area (Å²) in [7, 11) is 3.15. The Labute approximate surface area is 176 Å². The maximum absolute atomic E-state index is 13.4. The van der Waals surface area contributed by atoms with E-state index in [1.165, 1.54) is 4.88 Å². The van der Waals surface area contributed by atoms with Crippen molar-refractivity contribution in [1.29, 1.82) is 0 Å². The molecule has 1 aromatic carbocycles. The van der Waals surface area contributed by atoms with Crippen LogP contribution in [-0.2, 0) is 4.79 Å². The predicted octanol–water partition coefficient (Wildman–Crippen LogP) is 3.74. The van der Waals surface area contributed by atoms with Crippen LogP contribution in [0.3, 0.4) is 0 Å². The SMILES string of the molecule is COc1ccc(C2C3=C(CC(c4cccs4)CC3=O)Nc3[nH][nH]c(=O)c32)cc1OC. The van der Waals surface area contributed by atoms with Crippen molar-refractivity contribution in [1.82, 2.24) is 10.2 Å². The molecule has 0 saturated carbocycles. The van der Waals surface area contributed by atoms with Crippen molar-refractivity contribution in [2.24, 2.45) is 0 Å². The van der Waals surface area contributed by atoms with E-state index in [-0.39, 0.29) is 17.3 Å². The molecule has 1 aliphatic carbocycles. The summed E-state index contributed by atoms with van der Waals surface area (Å²) in [5, 5.41) is 10.9. The van der Waals surface area contributed by atoms with E-state index in [1.54, 1.807) is 31.6 Å². The van der Waals surface area contributed by atoms with E-state index >= 15 is 0 Å². The van der Waals surface area contributed by atoms with Gasteiger partial charge in [-0.3, -0.25) is 19.8 Å². The fraction of sp³-hybridized carbons (Fsp3) is 0.273. The van der Waals surface area contributed by atoms with Crippen LogP contribution >= 0.6 is 11.3 Å². The normalized spacial score (nSPS) is 20.4. The Bertz CT molecular complexity index is 1210. The molecule has 1 aliphatic heterocycles. The Morgan fingerprint density at radius 3 is 2.60 bits per heavy atom. The van der Waals surface area contributed by atoms with Gasteiger partial charge in [-0.05, 0) is 35.6 Å². The number of hydrogen-bond acceptors (Lipinski definition) is 6. The first-order valence-corrected chi connectivity index (χ1v) is 10.6. The predicted molar refractivity (Wildman–Crippen MR) is 115 cm³/mol. The number of H-pyrrole nitrogens is 2. The molecule has 2 aliphatic rings. The molecular weight excluding hydrogens is 402 g/mol. The van der Waals surface area contributed by atoms with Crippen LogP contribution in [0.5, 0.6) is 11.5 Å². The molecule has 2 unspecified atom stereocenters. The number of thiophene rings is 1. The molecule has 0 fully saturated rings. The standard InChI is InChI=1S/C22H21N3O4S/c1-28-15-6-5-11(10-16(15)29-2)18-19-13(23-21-20(18)22(27)25-24-21)8-12(9-14(19)26)17-4-3-7-30-17/h3-7,10,12,18H,8-9H2,1-2H3,(H3,23,24,25,27). The highest BCUT2D eigenvalue weighted by molar-refractivity contribution is 7.10. The molecular formula is C22H21N3O4S. The molecule has 0 amide bonds. The first kappa shape index (κ1) is 18.7. The summed E-state index contributed by atoms with van der Waals surface area (Å²) in [6, 6.07) is 9.62. The van der Waals surface area contributed by atoms with Crippen molar-refractivity contribution < 1.29 is 14.3 Å². The minimum atomic E-state index is -0.470. The van der Waals surface area contributed by atoms with Gasteiger partial charge in [0.2, 0.25) is 0 Å². The second kappa shape index (κ2) is 7.21. The molecule has 0 radical (unpaired) electrons. The van der Waals surface area contributed by atoms with Crippen molar-refractivity contribution in [2.45, 2.75) is 24.7 Å². The number of allylic oxidation sites excluding steroid dienone is 2. The van der Waals surface area contributed by atoms with Gasteiger partial charge in [-0.1, -0.05) is 12.1 Å². The lowest BCUT2D eigenvalue weighted by atomic mass is 9.74. The quantitative estimate of drug-likeness (QED) is 0.594. The van der Waals surface area contributed by atoms with E-state index in [0.717, 1.165) is 17.7 Å². The number of rotatable bonds is 4. The van der Waals surface area contributed by atoms with E-state index in [2.05, 4.69) is 21.6 Å². The van der Waals surface area contributed by atoms with Crippen LogP contribution in [0.25, 0.3) is 0 Å². The number of hydrogen-bond donors (Lipinski definition) is 3.